The lowest BCUT2D eigenvalue weighted by molar-refractivity contribution is 0.415. The van der Waals surface area contributed by atoms with Crippen molar-refractivity contribution >= 4 is 10.9 Å². The van der Waals surface area contributed by atoms with Crippen molar-refractivity contribution in [3.05, 3.63) is 30.5 Å². The van der Waals surface area contributed by atoms with E-state index in [9.17, 15) is 0 Å². The van der Waals surface area contributed by atoms with Crippen LogP contribution in [0.1, 0.15) is 13.0 Å². The molecule has 0 amide bonds. The summed E-state index contributed by atoms with van der Waals surface area (Å²) in [6, 6.07) is 9.92. The van der Waals surface area contributed by atoms with Crippen LogP contribution in [0.4, 0.5) is 0 Å². The molecule has 1 aromatic carbocycles. The van der Waals surface area contributed by atoms with Gasteiger partial charge in [0.05, 0.1) is 13.2 Å². The van der Waals surface area contributed by atoms with E-state index in [4.69, 9.17) is 10.00 Å². The Labute approximate surface area is 88.5 Å². The van der Waals surface area contributed by atoms with Crippen molar-refractivity contribution in [3.8, 4) is 11.8 Å². The summed E-state index contributed by atoms with van der Waals surface area (Å²) in [5, 5.41) is 9.97. The van der Waals surface area contributed by atoms with Gasteiger partial charge in [-0.05, 0) is 31.2 Å². The summed E-state index contributed by atoms with van der Waals surface area (Å²) in [5.74, 6) is 0.838. The maximum absolute atomic E-state index is 8.87. The molecule has 15 heavy (non-hydrogen) atoms. The van der Waals surface area contributed by atoms with E-state index in [-0.39, 0.29) is 6.04 Å². The minimum atomic E-state index is -0.143. The van der Waals surface area contributed by atoms with E-state index in [0.29, 0.717) is 0 Å². The van der Waals surface area contributed by atoms with Gasteiger partial charge in [0.2, 0.25) is 0 Å². The maximum Gasteiger partial charge on any atom is 0.119 e. The molecule has 0 aliphatic heterocycles. The van der Waals surface area contributed by atoms with Gasteiger partial charge in [-0.2, -0.15) is 5.26 Å². The molecule has 1 unspecified atom stereocenters. The Morgan fingerprint density at radius 1 is 1.40 bits per heavy atom. The Hall–Kier alpha value is -1.95. The van der Waals surface area contributed by atoms with E-state index < -0.39 is 0 Å². The van der Waals surface area contributed by atoms with Crippen molar-refractivity contribution in [1.82, 2.24) is 4.57 Å². The standard InChI is InChI=1S/C12H12N2O/c1-9(8-13)14-6-5-10-7-11(15-2)3-4-12(10)14/h3-7,9H,1-2H3. The number of nitrogens with zero attached hydrogens (tertiary/aromatic N) is 2. The van der Waals surface area contributed by atoms with Crippen molar-refractivity contribution < 1.29 is 4.74 Å². The van der Waals surface area contributed by atoms with E-state index in [1.54, 1.807) is 7.11 Å². The SMILES string of the molecule is COc1ccc2c(ccn2C(C)C#N)c1. The Balaban J connectivity index is 2.58. The summed E-state index contributed by atoms with van der Waals surface area (Å²) in [6.45, 7) is 1.88. The average molecular weight is 200 g/mol. The molecule has 3 nitrogen and oxygen atoms in total. The zero-order valence-corrected chi connectivity index (χ0v) is 8.77. The molecule has 0 saturated heterocycles. The second kappa shape index (κ2) is 3.66. The Morgan fingerprint density at radius 2 is 2.20 bits per heavy atom. The smallest absolute Gasteiger partial charge is 0.119 e. The normalized spacial score (nSPS) is 12.3. The predicted octanol–water partition coefficient (Wildman–Crippen LogP) is 2.73. The van der Waals surface area contributed by atoms with Crippen LogP contribution >= 0.6 is 0 Å². The highest BCUT2D eigenvalue weighted by Crippen LogP contribution is 2.24. The average Bonchev–Trinajstić information content (AvgIpc) is 2.70. The number of aromatic nitrogens is 1. The van der Waals surface area contributed by atoms with Gasteiger partial charge in [0.15, 0.2) is 0 Å². The third kappa shape index (κ3) is 1.55. The van der Waals surface area contributed by atoms with E-state index >= 15 is 0 Å². The first-order valence-electron chi connectivity index (χ1n) is 4.80. The summed E-state index contributed by atoms with van der Waals surface area (Å²) in [4.78, 5) is 0. The van der Waals surface area contributed by atoms with Gasteiger partial charge >= 0.3 is 0 Å². The lowest BCUT2D eigenvalue weighted by atomic mass is 10.2. The van der Waals surface area contributed by atoms with Gasteiger partial charge in [0, 0.05) is 17.1 Å². The van der Waals surface area contributed by atoms with Crippen LogP contribution in [0, 0.1) is 11.3 Å². The van der Waals surface area contributed by atoms with Gasteiger partial charge < -0.3 is 9.30 Å². The third-order valence-electron chi connectivity index (χ3n) is 2.53. The van der Waals surface area contributed by atoms with Crippen molar-refractivity contribution in [2.45, 2.75) is 13.0 Å². The number of hydrogen-bond donors (Lipinski definition) is 0. The quantitative estimate of drug-likeness (QED) is 0.747. The molecule has 0 radical (unpaired) electrons. The molecular formula is C12H12N2O. The second-order valence-electron chi connectivity index (χ2n) is 3.45. The number of hydrogen-bond acceptors (Lipinski definition) is 2. The fourth-order valence-electron chi connectivity index (χ4n) is 1.67. The number of fused-ring (bicyclic) bond motifs is 1. The zero-order chi connectivity index (χ0) is 10.8. The van der Waals surface area contributed by atoms with Crippen LogP contribution in [0.5, 0.6) is 5.75 Å². The Kier molecular flexibility index (Phi) is 2.34. The predicted molar refractivity (Wildman–Crippen MR) is 58.8 cm³/mol. The van der Waals surface area contributed by atoms with Crippen molar-refractivity contribution in [1.29, 1.82) is 5.26 Å². The Bertz CT molecular complexity index is 522. The lowest BCUT2D eigenvalue weighted by Gasteiger charge is -2.07. The summed E-state index contributed by atoms with van der Waals surface area (Å²) in [5.41, 5.74) is 1.06. The molecule has 1 atom stereocenters. The molecule has 1 aromatic heterocycles. The summed E-state index contributed by atoms with van der Waals surface area (Å²) in [6.07, 6.45) is 1.93. The maximum atomic E-state index is 8.87. The molecule has 0 aliphatic rings. The van der Waals surface area contributed by atoms with Gasteiger partial charge in [0.1, 0.15) is 11.8 Å². The first-order chi connectivity index (χ1) is 7.26. The highest BCUT2D eigenvalue weighted by molar-refractivity contribution is 5.81. The molecule has 0 aliphatic carbocycles. The van der Waals surface area contributed by atoms with Crippen molar-refractivity contribution in [3.63, 3.8) is 0 Å². The Morgan fingerprint density at radius 3 is 2.87 bits per heavy atom. The molecule has 2 aromatic rings. The van der Waals surface area contributed by atoms with Crippen LogP contribution < -0.4 is 4.74 Å². The van der Waals surface area contributed by atoms with Crippen LogP contribution in [0.3, 0.4) is 0 Å². The van der Waals surface area contributed by atoms with Crippen LogP contribution in [-0.2, 0) is 0 Å². The van der Waals surface area contributed by atoms with Crippen LogP contribution in [-0.4, -0.2) is 11.7 Å². The molecule has 0 N–H and O–H groups in total. The van der Waals surface area contributed by atoms with Gasteiger partial charge in [-0.25, -0.2) is 0 Å². The van der Waals surface area contributed by atoms with E-state index in [2.05, 4.69) is 6.07 Å². The topological polar surface area (TPSA) is 38.0 Å². The fourth-order valence-corrected chi connectivity index (χ4v) is 1.67. The number of rotatable bonds is 2. The number of ether oxygens (including phenoxy) is 1. The van der Waals surface area contributed by atoms with E-state index in [0.717, 1.165) is 16.7 Å². The molecular weight excluding hydrogens is 188 g/mol. The summed E-state index contributed by atoms with van der Waals surface area (Å²) in [7, 11) is 1.65. The van der Waals surface area contributed by atoms with Crippen molar-refractivity contribution in [2.75, 3.05) is 7.11 Å². The van der Waals surface area contributed by atoms with Gasteiger partial charge in [-0.3, -0.25) is 0 Å². The van der Waals surface area contributed by atoms with Gasteiger partial charge in [-0.15, -0.1) is 0 Å². The molecule has 3 heteroatoms. The van der Waals surface area contributed by atoms with Crippen LogP contribution in [0.2, 0.25) is 0 Å². The molecule has 0 fully saturated rings. The number of nitriles is 1. The van der Waals surface area contributed by atoms with Gasteiger partial charge in [-0.1, -0.05) is 0 Å². The fraction of sp³-hybridized carbons (Fsp3) is 0.250. The summed E-state index contributed by atoms with van der Waals surface area (Å²) >= 11 is 0. The molecule has 0 spiro atoms. The van der Waals surface area contributed by atoms with Crippen LogP contribution in [0.25, 0.3) is 10.9 Å². The molecule has 2 rings (SSSR count). The van der Waals surface area contributed by atoms with E-state index in [1.165, 1.54) is 0 Å². The van der Waals surface area contributed by atoms with Gasteiger partial charge in [0.25, 0.3) is 0 Å². The zero-order valence-electron chi connectivity index (χ0n) is 8.77. The second-order valence-corrected chi connectivity index (χ2v) is 3.45. The minimum absolute atomic E-state index is 0.143. The van der Waals surface area contributed by atoms with Crippen molar-refractivity contribution in [2.24, 2.45) is 0 Å². The number of methoxy groups -OCH3 is 1. The largest absolute Gasteiger partial charge is 0.497 e. The molecule has 0 bridgehead atoms. The van der Waals surface area contributed by atoms with Crippen LogP contribution in [0.15, 0.2) is 30.5 Å². The summed E-state index contributed by atoms with van der Waals surface area (Å²) < 4.78 is 7.10. The minimum Gasteiger partial charge on any atom is -0.497 e. The molecule has 76 valence electrons. The first kappa shape index (κ1) is 9.60. The molecule has 1 heterocycles. The molecule has 0 saturated carbocycles. The lowest BCUT2D eigenvalue weighted by Crippen LogP contribution is -1.99. The highest BCUT2D eigenvalue weighted by Gasteiger charge is 2.07. The highest BCUT2D eigenvalue weighted by atomic mass is 16.5. The third-order valence-corrected chi connectivity index (χ3v) is 2.53. The van der Waals surface area contributed by atoms with E-state index in [1.807, 2.05) is 42.0 Å². The number of benzene rings is 1. The first-order valence-corrected chi connectivity index (χ1v) is 4.80. The monoisotopic (exact) mass is 200 g/mol.